The van der Waals surface area contributed by atoms with Crippen LogP contribution in [0.2, 0.25) is 0 Å². The van der Waals surface area contributed by atoms with Crippen LogP contribution in [0.25, 0.3) is 0 Å². The third-order valence-electron chi connectivity index (χ3n) is 5.15. The van der Waals surface area contributed by atoms with E-state index in [2.05, 4.69) is 15.3 Å². The van der Waals surface area contributed by atoms with Gasteiger partial charge < -0.3 is 10.2 Å². The van der Waals surface area contributed by atoms with Crippen molar-refractivity contribution < 1.29 is 13.2 Å². The van der Waals surface area contributed by atoms with Gasteiger partial charge in [-0.2, -0.15) is 0 Å². The molecule has 0 radical (unpaired) electrons. The Hall–Kier alpha value is -2.68. The predicted octanol–water partition coefficient (Wildman–Crippen LogP) is 1.87. The highest BCUT2D eigenvalue weighted by atomic mass is 32.2. The van der Waals surface area contributed by atoms with Crippen LogP contribution in [0.1, 0.15) is 19.3 Å². The molecule has 1 aromatic heterocycles. The van der Waals surface area contributed by atoms with Gasteiger partial charge in [-0.3, -0.25) is 9.10 Å². The maximum Gasteiger partial charge on any atom is 0.235 e. The maximum atomic E-state index is 12.7. The van der Waals surface area contributed by atoms with E-state index >= 15 is 0 Å². The highest BCUT2D eigenvalue weighted by Crippen LogP contribution is 2.26. The third-order valence-corrected chi connectivity index (χ3v) is 7.02. The van der Waals surface area contributed by atoms with Crippen molar-refractivity contribution in [1.82, 2.24) is 9.97 Å². The van der Waals surface area contributed by atoms with Gasteiger partial charge in [0.25, 0.3) is 0 Å². The van der Waals surface area contributed by atoms with E-state index in [9.17, 15) is 13.2 Å². The summed E-state index contributed by atoms with van der Waals surface area (Å²) in [4.78, 5) is 23.3. The second-order valence-electron chi connectivity index (χ2n) is 7.11. The lowest BCUT2D eigenvalue weighted by atomic mass is 9.97. The van der Waals surface area contributed by atoms with E-state index in [1.807, 2.05) is 4.90 Å². The number of amides is 1. The fraction of sp³-hybridized carbons (Fsp3) is 0.421. The molecular weight excluding hydrogens is 378 g/mol. The lowest BCUT2D eigenvalue weighted by molar-refractivity contribution is -0.120. The van der Waals surface area contributed by atoms with Gasteiger partial charge in [0, 0.05) is 37.7 Å². The summed E-state index contributed by atoms with van der Waals surface area (Å²) < 4.78 is 25.5. The largest absolute Gasteiger partial charge is 0.340 e. The molecule has 3 heterocycles. The van der Waals surface area contributed by atoms with Crippen LogP contribution in [0.15, 0.2) is 42.7 Å². The lowest BCUT2D eigenvalue weighted by Gasteiger charge is -2.31. The van der Waals surface area contributed by atoms with Crippen LogP contribution in [0.4, 0.5) is 17.3 Å². The van der Waals surface area contributed by atoms with Crippen molar-refractivity contribution in [3.8, 4) is 0 Å². The molecule has 148 valence electrons. The third kappa shape index (κ3) is 3.94. The molecule has 4 rings (SSSR count). The molecule has 8 nitrogen and oxygen atoms in total. The fourth-order valence-electron chi connectivity index (χ4n) is 3.71. The Labute approximate surface area is 164 Å². The zero-order chi connectivity index (χ0) is 19.6. The van der Waals surface area contributed by atoms with Gasteiger partial charge in [-0.25, -0.2) is 18.4 Å². The minimum atomic E-state index is -3.20. The molecule has 28 heavy (non-hydrogen) atoms. The Bertz CT molecular complexity index is 934. The van der Waals surface area contributed by atoms with Crippen molar-refractivity contribution in [2.75, 3.05) is 39.9 Å². The van der Waals surface area contributed by atoms with Gasteiger partial charge in [-0.15, -0.1) is 0 Å². The average Bonchev–Trinajstić information content (AvgIpc) is 3.08. The first-order valence-electron chi connectivity index (χ1n) is 9.46. The van der Waals surface area contributed by atoms with E-state index in [4.69, 9.17) is 0 Å². The Morgan fingerprint density at radius 2 is 1.82 bits per heavy atom. The van der Waals surface area contributed by atoms with Crippen LogP contribution < -0.4 is 14.5 Å². The Morgan fingerprint density at radius 3 is 2.50 bits per heavy atom. The summed E-state index contributed by atoms with van der Waals surface area (Å²) in [6.07, 6.45) is 5.77. The minimum Gasteiger partial charge on any atom is -0.340 e. The summed E-state index contributed by atoms with van der Waals surface area (Å²) in [5.74, 6) is 0.656. The van der Waals surface area contributed by atoms with Crippen molar-refractivity contribution in [3.63, 3.8) is 0 Å². The molecule has 0 bridgehead atoms. The summed E-state index contributed by atoms with van der Waals surface area (Å²) in [6.45, 7) is 1.93. The summed E-state index contributed by atoms with van der Waals surface area (Å²) in [5, 5.41) is 2.95. The highest BCUT2D eigenvalue weighted by Gasteiger charge is 2.29. The van der Waals surface area contributed by atoms with Crippen molar-refractivity contribution in [2.24, 2.45) is 5.92 Å². The number of carbonyl (C=O) groups excluding carboxylic acids is 1. The molecule has 2 aliphatic rings. The second kappa shape index (κ2) is 7.75. The van der Waals surface area contributed by atoms with Gasteiger partial charge in [0.15, 0.2) is 0 Å². The highest BCUT2D eigenvalue weighted by molar-refractivity contribution is 7.93. The van der Waals surface area contributed by atoms with Crippen LogP contribution in [-0.2, 0) is 14.8 Å². The lowest BCUT2D eigenvalue weighted by Crippen LogP contribution is -2.41. The average molecular weight is 401 g/mol. The van der Waals surface area contributed by atoms with Crippen LogP contribution >= 0.6 is 0 Å². The van der Waals surface area contributed by atoms with Gasteiger partial charge in [0.2, 0.25) is 21.9 Å². The Balaban J connectivity index is 1.39. The number of anilines is 3. The molecule has 2 aliphatic heterocycles. The number of aromatic nitrogens is 2. The van der Waals surface area contributed by atoms with Crippen molar-refractivity contribution in [2.45, 2.75) is 19.3 Å². The Morgan fingerprint density at radius 1 is 1.07 bits per heavy atom. The summed E-state index contributed by atoms with van der Waals surface area (Å²) >= 11 is 0. The number of benzene rings is 1. The molecule has 0 unspecified atom stereocenters. The number of nitrogens with one attached hydrogen (secondary N) is 1. The molecule has 1 atom stereocenters. The summed E-state index contributed by atoms with van der Waals surface area (Å²) in [6, 6.07) is 8.76. The normalized spacial score (nSPS) is 21.5. The topological polar surface area (TPSA) is 95.5 Å². The van der Waals surface area contributed by atoms with Gasteiger partial charge in [0.1, 0.15) is 0 Å². The molecule has 1 amide bonds. The predicted molar refractivity (Wildman–Crippen MR) is 108 cm³/mol. The number of piperidine rings is 1. The SMILES string of the molecule is O=C(Nc1ccc(N2CCCS2(=O)=O)cc1)[C@H]1CCCN(c2ncccn2)C1. The van der Waals surface area contributed by atoms with E-state index in [1.54, 1.807) is 42.7 Å². The first-order valence-corrected chi connectivity index (χ1v) is 11.1. The van der Waals surface area contributed by atoms with Gasteiger partial charge >= 0.3 is 0 Å². The van der Waals surface area contributed by atoms with Crippen LogP contribution in [0, 0.1) is 5.92 Å². The van der Waals surface area contributed by atoms with E-state index in [0.29, 0.717) is 36.8 Å². The quantitative estimate of drug-likeness (QED) is 0.840. The van der Waals surface area contributed by atoms with Crippen LogP contribution in [0.3, 0.4) is 0 Å². The fourth-order valence-corrected chi connectivity index (χ4v) is 5.28. The molecule has 2 aromatic rings. The van der Waals surface area contributed by atoms with Crippen LogP contribution in [0.5, 0.6) is 0 Å². The molecule has 9 heteroatoms. The zero-order valence-corrected chi connectivity index (χ0v) is 16.3. The molecular formula is C19H23N5O3S. The van der Waals surface area contributed by atoms with Gasteiger partial charge in [-0.1, -0.05) is 0 Å². The first kappa shape index (κ1) is 18.7. The summed E-state index contributed by atoms with van der Waals surface area (Å²) in [5.41, 5.74) is 1.30. The number of nitrogens with zero attached hydrogens (tertiary/aromatic N) is 4. The maximum absolute atomic E-state index is 12.7. The number of carbonyl (C=O) groups is 1. The number of sulfonamides is 1. The van der Waals surface area contributed by atoms with Crippen molar-refractivity contribution in [3.05, 3.63) is 42.7 Å². The monoisotopic (exact) mass is 401 g/mol. The smallest absolute Gasteiger partial charge is 0.235 e. The van der Waals surface area contributed by atoms with E-state index in [-0.39, 0.29) is 17.6 Å². The van der Waals surface area contributed by atoms with E-state index in [1.165, 1.54) is 4.31 Å². The molecule has 1 N–H and O–H groups in total. The van der Waals surface area contributed by atoms with Crippen molar-refractivity contribution in [1.29, 1.82) is 0 Å². The summed E-state index contributed by atoms with van der Waals surface area (Å²) in [7, 11) is -3.20. The number of hydrogen-bond donors (Lipinski definition) is 1. The second-order valence-corrected chi connectivity index (χ2v) is 9.12. The van der Waals surface area contributed by atoms with Crippen molar-refractivity contribution >= 4 is 33.3 Å². The molecule has 0 aliphatic carbocycles. The molecule has 0 saturated carbocycles. The first-order chi connectivity index (χ1) is 13.5. The van der Waals surface area contributed by atoms with E-state index < -0.39 is 10.0 Å². The number of rotatable bonds is 4. The molecule has 2 fully saturated rings. The van der Waals surface area contributed by atoms with E-state index in [0.717, 1.165) is 19.4 Å². The van der Waals surface area contributed by atoms with Crippen LogP contribution in [-0.4, -0.2) is 49.7 Å². The van der Waals surface area contributed by atoms with Gasteiger partial charge in [0.05, 0.1) is 17.4 Å². The van der Waals surface area contributed by atoms with Gasteiger partial charge in [-0.05, 0) is 49.6 Å². The Kier molecular flexibility index (Phi) is 5.17. The molecule has 1 aromatic carbocycles. The standard InChI is InChI=1S/C19H23N5O3S/c25-18(15-4-1-11-23(14-15)19-20-9-2-10-21-19)22-16-5-7-17(8-6-16)24-12-3-13-28(24,26)27/h2,5-10,15H,1,3-4,11-14H2,(H,22,25)/t15-/m0/s1. The minimum absolute atomic E-state index is 0.0397. The molecule has 2 saturated heterocycles. The molecule has 0 spiro atoms. The zero-order valence-electron chi connectivity index (χ0n) is 15.5. The number of hydrogen-bond acceptors (Lipinski definition) is 6.